The highest BCUT2D eigenvalue weighted by atomic mass is 16.6. The van der Waals surface area contributed by atoms with E-state index in [4.69, 9.17) is 18.9 Å². The van der Waals surface area contributed by atoms with Crippen LogP contribution < -0.4 is 4.74 Å². The molecule has 2 fully saturated rings. The Bertz CT molecular complexity index is 552. The molecule has 1 aromatic rings. The van der Waals surface area contributed by atoms with Crippen LogP contribution in [0, 0.1) is 0 Å². The highest BCUT2D eigenvalue weighted by Gasteiger charge is 2.48. The van der Waals surface area contributed by atoms with Crippen molar-refractivity contribution >= 4 is 12.0 Å². The maximum atomic E-state index is 11.9. The number of hydrogen-bond donors (Lipinski definition) is 1. The van der Waals surface area contributed by atoms with Gasteiger partial charge in [0.25, 0.3) is 0 Å². The van der Waals surface area contributed by atoms with E-state index >= 15 is 0 Å². The Labute approximate surface area is 128 Å². The lowest BCUT2D eigenvalue weighted by molar-refractivity contribution is -0.147. The van der Waals surface area contributed by atoms with Crippen molar-refractivity contribution in [3.05, 3.63) is 35.9 Å². The Hall–Kier alpha value is -1.89. The predicted octanol–water partition coefficient (Wildman–Crippen LogP) is 0.779. The smallest absolute Gasteiger partial charge is 0.331 e. The largest absolute Gasteiger partial charge is 0.497 e. The van der Waals surface area contributed by atoms with Crippen LogP contribution in [0.3, 0.4) is 0 Å². The molecule has 1 aromatic carbocycles. The molecule has 0 spiro atoms. The zero-order valence-electron chi connectivity index (χ0n) is 12.2. The van der Waals surface area contributed by atoms with E-state index in [0.717, 1.165) is 11.3 Å². The van der Waals surface area contributed by atoms with E-state index in [2.05, 4.69) is 0 Å². The molecular weight excluding hydrogens is 288 g/mol. The van der Waals surface area contributed by atoms with Crippen molar-refractivity contribution in [2.45, 2.75) is 24.4 Å². The molecule has 3 rings (SSSR count). The van der Waals surface area contributed by atoms with Gasteiger partial charge in [-0.25, -0.2) is 4.79 Å². The number of methoxy groups -OCH3 is 1. The molecule has 118 valence electrons. The van der Waals surface area contributed by atoms with Gasteiger partial charge in [0.05, 0.1) is 20.3 Å². The molecule has 0 bridgehead atoms. The first-order chi connectivity index (χ1) is 10.7. The number of esters is 1. The minimum Gasteiger partial charge on any atom is -0.497 e. The standard InChI is InChI=1S/C16H18O6/c1-19-11-5-2-10(3-6-11)4-7-14(18)22-13-9-21-15-12(17)8-20-16(13)15/h2-7,12-13,15-17H,8-9H2,1H3/b7-4+/t12-,13-,15?,16?/m1/s1. The SMILES string of the molecule is COc1ccc(/C=C/C(=O)O[C@@H]2COC3C2OC[C@H]3O)cc1. The number of carbonyl (C=O) groups excluding carboxylic acids is 1. The lowest BCUT2D eigenvalue weighted by Crippen LogP contribution is -2.33. The van der Waals surface area contributed by atoms with Crippen LogP contribution in [-0.4, -0.2) is 55.8 Å². The highest BCUT2D eigenvalue weighted by Crippen LogP contribution is 2.28. The van der Waals surface area contributed by atoms with Gasteiger partial charge in [0, 0.05) is 6.08 Å². The summed E-state index contributed by atoms with van der Waals surface area (Å²) in [6.07, 6.45) is 1.12. The van der Waals surface area contributed by atoms with Gasteiger partial charge in [-0.15, -0.1) is 0 Å². The van der Waals surface area contributed by atoms with Crippen LogP contribution in [0.1, 0.15) is 5.56 Å². The fraction of sp³-hybridized carbons (Fsp3) is 0.438. The maximum absolute atomic E-state index is 11.9. The summed E-state index contributed by atoms with van der Waals surface area (Å²) >= 11 is 0. The third-order valence-corrected chi connectivity index (χ3v) is 3.78. The molecule has 6 heteroatoms. The van der Waals surface area contributed by atoms with Crippen molar-refractivity contribution in [2.75, 3.05) is 20.3 Å². The molecule has 2 unspecified atom stereocenters. The number of aliphatic hydroxyl groups excluding tert-OH is 1. The summed E-state index contributed by atoms with van der Waals surface area (Å²) < 4.78 is 21.2. The Balaban J connectivity index is 1.55. The summed E-state index contributed by atoms with van der Waals surface area (Å²) in [7, 11) is 1.60. The fourth-order valence-electron chi connectivity index (χ4n) is 2.61. The first kappa shape index (κ1) is 15.0. The van der Waals surface area contributed by atoms with E-state index < -0.39 is 24.3 Å². The number of hydrogen-bond acceptors (Lipinski definition) is 6. The minimum atomic E-state index is -0.649. The second kappa shape index (κ2) is 6.48. The van der Waals surface area contributed by atoms with Crippen LogP contribution in [0.25, 0.3) is 6.08 Å². The lowest BCUT2D eigenvalue weighted by atomic mass is 10.1. The van der Waals surface area contributed by atoms with Gasteiger partial charge >= 0.3 is 5.97 Å². The topological polar surface area (TPSA) is 74.2 Å². The molecule has 2 aliphatic heterocycles. The average Bonchev–Trinajstić information content (AvgIpc) is 3.10. The van der Waals surface area contributed by atoms with Gasteiger partial charge in [-0.1, -0.05) is 12.1 Å². The highest BCUT2D eigenvalue weighted by molar-refractivity contribution is 5.87. The third kappa shape index (κ3) is 3.14. The second-order valence-corrected chi connectivity index (χ2v) is 5.25. The molecule has 2 heterocycles. The molecule has 0 amide bonds. The zero-order chi connectivity index (χ0) is 15.5. The number of benzene rings is 1. The van der Waals surface area contributed by atoms with Crippen LogP contribution in [0.4, 0.5) is 0 Å². The van der Waals surface area contributed by atoms with Crippen molar-refractivity contribution < 1.29 is 28.8 Å². The predicted molar refractivity (Wildman–Crippen MR) is 77.4 cm³/mol. The van der Waals surface area contributed by atoms with Crippen molar-refractivity contribution in [3.8, 4) is 5.75 Å². The summed E-state index contributed by atoms with van der Waals surface area (Å²) in [6, 6.07) is 7.31. The van der Waals surface area contributed by atoms with E-state index in [9.17, 15) is 9.90 Å². The van der Waals surface area contributed by atoms with E-state index in [1.54, 1.807) is 13.2 Å². The summed E-state index contributed by atoms with van der Waals surface area (Å²) in [5.41, 5.74) is 0.867. The van der Waals surface area contributed by atoms with E-state index in [0.29, 0.717) is 0 Å². The minimum absolute atomic E-state index is 0.213. The summed E-state index contributed by atoms with van der Waals surface area (Å²) in [5, 5.41) is 9.63. The molecule has 22 heavy (non-hydrogen) atoms. The van der Waals surface area contributed by atoms with E-state index in [-0.39, 0.29) is 19.3 Å². The molecule has 2 aliphatic rings. The average molecular weight is 306 g/mol. The van der Waals surface area contributed by atoms with E-state index in [1.165, 1.54) is 6.08 Å². The number of carbonyl (C=O) groups is 1. The van der Waals surface area contributed by atoms with Crippen LogP contribution in [-0.2, 0) is 19.0 Å². The quantitative estimate of drug-likeness (QED) is 0.654. The molecule has 0 radical (unpaired) electrons. The second-order valence-electron chi connectivity index (χ2n) is 5.25. The van der Waals surface area contributed by atoms with Crippen LogP contribution >= 0.6 is 0 Å². The molecule has 1 N–H and O–H groups in total. The third-order valence-electron chi connectivity index (χ3n) is 3.78. The van der Waals surface area contributed by atoms with Gasteiger partial charge in [0.2, 0.25) is 0 Å². The number of aliphatic hydroxyl groups is 1. The summed E-state index contributed by atoms with van der Waals surface area (Å²) in [4.78, 5) is 11.9. The lowest BCUT2D eigenvalue weighted by Gasteiger charge is -2.15. The first-order valence-corrected chi connectivity index (χ1v) is 7.11. The monoisotopic (exact) mass is 306 g/mol. The fourth-order valence-corrected chi connectivity index (χ4v) is 2.61. The summed E-state index contributed by atoms with van der Waals surface area (Å²) in [5.74, 6) is 0.292. The molecule has 4 atom stereocenters. The van der Waals surface area contributed by atoms with Gasteiger partial charge in [0.1, 0.15) is 24.1 Å². The summed E-state index contributed by atoms with van der Waals surface area (Å²) in [6.45, 7) is 0.458. The number of fused-ring (bicyclic) bond motifs is 1. The Kier molecular flexibility index (Phi) is 4.42. The van der Waals surface area contributed by atoms with Crippen molar-refractivity contribution in [1.29, 1.82) is 0 Å². The van der Waals surface area contributed by atoms with Crippen LogP contribution in [0.15, 0.2) is 30.3 Å². The van der Waals surface area contributed by atoms with Crippen LogP contribution in [0.2, 0.25) is 0 Å². The molecule has 6 nitrogen and oxygen atoms in total. The Morgan fingerprint density at radius 1 is 1.23 bits per heavy atom. The van der Waals surface area contributed by atoms with Gasteiger partial charge in [0.15, 0.2) is 6.10 Å². The number of ether oxygens (including phenoxy) is 4. The molecule has 0 saturated carbocycles. The normalized spacial score (nSPS) is 30.5. The zero-order valence-corrected chi connectivity index (χ0v) is 12.2. The van der Waals surface area contributed by atoms with Crippen LogP contribution in [0.5, 0.6) is 5.75 Å². The van der Waals surface area contributed by atoms with Gasteiger partial charge in [-0.3, -0.25) is 0 Å². The van der Waals surface area contributed by atoms with Gasteiger partial charge < -0.3 is 24.1 Å². The van der Waals surface area contributed by atoms with Gasteiger partial charge in [-0.2, -0.15) is 0 Å². The molecular formula is C16H18O6. The number of rotatable bonds is 4. The van der Waals surface area contributed by atoms with Crippen molar-refractivity contribution in [3.63, 3.8) is 0 Å². The van der Waals surface area contributed by atoms with Gasteiger partial charge in [-0.05, 0) is 23.8 Å². The maximum Gasteiger partial charge on any atom is 0.331 e. The van der Waals surface area contributed by atoms with Crippen molar-refractivity contribution in [1.82, 2.24) is 0 Å². The Morgan fingerprint density at radius 2 is 1.95 bits per heavy atom. The molecule has 0 aliphatic carbocycles. The van der Waals surface area contributed by atoms with E-state index in [1.807, 2.05) is 24.3 Å². The Morgan fingerprint density at radius 3 is 2.68 bits per heavy atom. The molecule has 2 saturated heterocycles. The van der Waals surface area contributed by atoms with Crippen molar-refractivity contribution in [2.24, 2.45) is 0 Å². The first-order valence-electron chi connectivity index (χ1n) is 7.11. The molecule has 0 aromatic heterocycles.